The number of carbonyl (C=O) groups excluding carboxylic acids is 1. The van der Waals surface area contributed by atoms with E-state index in [9.17, 15) is 14.7 Å². The van der Waals surface area contributed by atoms with Crippen molar-refractivity contribution < 1.29 is 19.4 Å². The number of nitrogens with one attached hydrogen (secondary N) is 1. The predicted octanol–water partition coefficient (Wildman–Crippen LogP) is 6.07. The van der Waals surface area contributed by atoms with E-state index in [1.54, 1.807) is 6.92 Å². The molecule has 2 heterocycles. The van der Waals surface area contributed by atoms with Crippen molar-refractivity contribution in [3.05, 3.63) is 60.0 Å². The van der Waals surface area contributed by atoms with Crippen molar-refractivity contribution in [1.29, 1.82) is 0 Å². The Morgan fingerprint density at radius 1 is 1.29 bits per heavy atom. The molecule has 0 radical (unpaired) electrons. The van der Waals surface area contributed by atoms with E-state index in [0.29, 0.717) is 36.0 Å². The monoisotopic (exact) mass is 465 g/mol. The van der Waals surface area contributed by atoms with E-state index >= 15 is 0 Å². The van der Waals surface area contributed by atoms with Gasteiger partial charge in [0.2, 0.25) is 0 Å². The Bertz CT molecular complexity index is 943. The molecule has 3 aliphatic rings. The third-order valence-corrected chi connectivity index (χ3v) is 8.50. The number of Topliss-reactive ketones (excluding diaryl/α,β-unsaturated/α-hetero) is 1. The first-order chi connectivity index (χ1) is 16.4. The number of H-pyrrole nitrogens is 1. The fourth-order valence-corrected chi connectivity index (χ4v) is 6.38. The zero-order valence-corrected chi connectivity index (χ0v) is 20.7. The first-order valence-electron chi connectivity index (χ1n) is 13.0. The number of fused-ring (bicyclic) bond motifs is 1. The number of aromatic nitrogens is 1. The molecule has 1 saturated heterocycles. The molecule has 2 aliphatic carbocycles. The number of carboxylic acid groups (broad SMARTS) is 1. The van der Waals surface area contributed by atoms with Gasteiger partial charge in [-0.05, 0) is 62.5 Å². The van der Waals surface area contributed by atoms with Gasteiger partial charge in [-0.1, -0.05) is 56.2 Å². The number of hydrogen-bond donors (Lipinski definition) is 2. The second-order valence-electron chi connectivity index (χ2n) is 10.5. The molecule has 0 aromatic carbocycles. The number of aromatic amines is 1. The van der Waals surface area contributed by atoms with Crippen LogP contribution in [0.3, 0.4) is 0 Å². The van der Waals surface area contributed by atoms with Crippen molar-refractivity contribution in [2.24, 2.45) is 41.4 Å². The third kappa shape index (κ3) is 5.14. The molecule has 5 nitrogen and oxygen atoms in total. The topological polar surface area (TPSA) is 79.4 Å². The van der Waals surface area contributed by atoms with Crippen LogP contribution in [0.25, 0.3) is 0 Å². The Morgan fingerprint density at radius 3 is 2.79 bits per heavy atom. The van der Waals surface area contributed by atoms with Crippen LogP contribution < -0.4 is 0 Å². The van der Waals surface area contributed by atoms with Gasteiger partial charge in [-0.15, -0.1) is 0 Å². The van der Waals surface area contributed by atoms with E-state index in [1.807, 2.05) is 18.3 Å². The highest BCUT2D eigenvalue weighted by Crippen LogP contribution is 2.46. The van der Waals surface area contributed by atoms with Gasteiger partial charge < -0.3 is 14.8 Å². The number of carbonyl (C=O) groups is 2. The molecule has 1 aromatic rings. The summed E-state index contributed by atoms with van der Waals surface area (Å²) in [6.07, 6.45) is 18.0. The van der Waals surface area contributed by atoms with Gasteiger partial charge in [-0.3, -0.25) is 9.59 Å². The smallest absolute Gasteiger partial charge is 0.308 e. The first kappa shape index (κ1) is 24.7. The maximum atomic E-state index is 13.4. The van der Waals surface area contributed by atoms with Crippen LogP contribution in [-0.2, 0) is 9.53 Å². The molecule has 184 valence electrons. The summed E-state index contributed by atoms with van der Waals surface area (Å²) < 4.78 is 6.00. The molecular weight excluding hydrogens is 426 g/mol. The average molecular weight is 466 g/mol. The van der Waals surface area contributed by atoms with Gasteiger partial charge in [0.1, 0.15) is 0 Å². The van der Waals surface area contributed by atoms with Crippen LogP contribution in [0.1, 0.15) is 63.4 Å². The lowest BCUT2D eigenvalue weighted by Gasteiger charge is -2.37. The standard InChI is InChI=1S/C29H39NO4/c1-4-20(24-17-34-26(16-18(24)2)19(3)29(32)33)8-5-10-22-14-13-21-9-6-11-23(21)27(22)28(31)25-12-7-15-30-25/h5,7-8,10,12-15,18-19,21-24,26-27,30H,4,6,9,11,16-17H2,1-3H3,(H,32,33)/b10-5+,20-8?. The summed E-state index contributed by atoms with van der Waals surface area (Å²) in [5, 5.41) is 9.33. The molecule has 0 bridgehead atoms. The van der Waals surface area contributed by atoms with Crippen LogP contribution in [0.2, 0.25) is 0 Å². The minimum atomic E-state index is -0.793. The molecule has 2 N–H and O–H groups in total. The van der Waals surface area contributed by atoms with E-state index in [1.165, 1.54) is 18.4 Å². The van der Waals surface area contributed by atoms with Gasteiger partial charge in [0.05, 0.1) is 24.3 Å². The molecule has 0 amide bonds. The minimum Gasteiger partial charge on any atom is -0.481 e. The fraction of sp³-hybridized carbons (Fsp3) is 0.586. The van der Waals surface area contributed by atoms with Crippen molar-refractivity contribution in [2.45, 2.75) is 59.0 Å². The maximum absolute atomic E-state index is 13.4. The molecule has 8 atom stereocenters. The molecule has 1 saturated carbocycles. The third-order valence-electron chi connectivity index (χ3n) is 8.50. The highest BCUT2D eigenvalue weighted by Gasteiger charge is 2.42. The van der Waals surface area contributed by atoms with E-state index < -0.39 is 11.9 Å². The predicted molar refractivity (Wildman–Crippen MR) is 133 cm³/mol. The Labute approximate surface area is 203 Å². The van der Waals surface area contributed by atoms with Crippen LogP contribution >= 0.6 is 0 Å². The molecule has 4 rings (SSSR count). The average Bonchev–Trinajstić information content (AvgIpc) is 3.53. The number of hydrogen-bond acceptors (Lipinski definition) is 3. The summed E-state index contributed by atoms with van der Waals surface area (Å²) in [6.45, 7) is 6.67. The quantitative estimate of drug-likeness (QED) is 0.277. The van der Waals surface area contributed by atoms with E-state index in [2.05, 4.69) is 49.2 Å². The van der Waals surface area contributed by atoms with Crippen LogP contribution in [0.4, 0.5) is 0 Å². The molecule has 2 fully saturated rings. The summed E-state index contributed by atoms with van der Waals surface area (Å²) in [5.74, 6) is 0.657. The summed E-state index contributed by atoms with van der Waals surface area (Å²) in [4.78, 5) is 27.9. The van der Waals surface area contributed by atoms with Crippen molar-refractivity contribution in [3.63, 3.8) is 0 Å². The Hall–Kier alpha value is -2.40. The van der Waals surface area contributed by atoms with Crippen molar-refractivity contribution in [1.82, 2.24) is 4.98 Å². The maximum Gasteiger partial charge on any atom is 0.308 e. The molecule has 1 aliphatic heterocycles. The highest BCUT2D eigenvalue weighted by molar-refractivity contribution is 5.97. The van der Waals surface area contributed by atoms with Crippen molar-refractivity contribution in [2.75, 3.05) is 6.61 Å². The molecule has 0 spiro atoms. The lowest BCUT2D eigenvalue weighted by atomic mass is 9.69. The van der Waals surface area contributed by atoms with Gasteiger partial charge in [0.15, 0.2) is 5.78 Å². The van der Waals surface area contributed by atoms with Crippen LogP contribution in [0.15, 0.2) is 54.3 Å². The number of ether oxygens (including phenoxy) is 1. The second-order valence-corrected chi connectivity index (χ2v) is 10.5. The van der Waals surface area contributed by atoms with Gasteiger partial charge in [0, 0.05) is 24.0 Å². The van der Waals surface area contributed by atoms with E-state index in [0.717, 1.165) is 19.3 Å². The number of ketones is 1. The molecule has 8 unspecified atom stereocenters. The second kappa shape index (κ2) is 10.9. The lowest BCUT2D eigenvalue weighted by Crippen LogP contribution is -2.39. The van der Waals surface area contributed by atoms with Gasteiger partial charge in [0.25, 0.3) is 0 Å². The fourth-order valence-electron chi connectivity index (χ4n) is 6.38. The normalized spacial score (nSPS) is 34.8. The van der Waals surface area contributed by atoms with E-state index in [4.69, 9.17) is 4.74 Å². The minimum absolute atomic E-state index is 0.0129. The summed E-state index contributed by atoms with van der Waals surface area (Å²) >= 11 is 0. The Balaban J connectivity index is 1.48. The van der Waals surface area contributed by atoms with Gasteiger partial charge in [-0.25, -0.2) is 0 Å². The van der Waals surface area contributed by atoms with Crippen LogP contribution in [0, 0.1) is 41.4 Å². The Morgan fingerprint density at radius 2 is 2.12 bits per heavy atom. The largest absolute Gasteiger partial charge is 0.481 e. The number of carboxylic acids is 1. The van der Waals surface area contributed by atoms with Crippen molar-refractivity contribution in [3.8, 4) is 0 Å². The highest BCUT2D eigenvalue weighted by atomic mass is 16.5. The van der Waals surface area contributed by atoms with Crippen molar-refractivity contribution >= 4 is 11.8 Å². The van der Waals surface area contributed by atoms with Gasteiger partial charge in [-0.2, -0.15) is 0 Å². The number of aliphatic carboxylic acids is 1. The summed E-state index contributed by atoms with van der Waals surface area (Å²) in [6, 6.07) is 3.79. The van der Waals surface area contributed by atoms with Gasteiger partial charge >= 0.3 is 5.97 Å². The summed E-state index contributed by atoms with van der Waals surface area (Å²) in [5.41, 5.74) is 2.04. The number of rotatable bonds is 8. The molecular formula is C29H39NO4. The zero-order chi connectivity index (χ0) is 24.2. The Kier molecular flexibility index (Phi) is 7.92. The zero-order valence-electron chi connectivity index (χ0n) is 20.7. The molecule has 5 heteroatoms. The van der Waals surface area contributed by atoms with E-state index in [-0.39, 0.29) is 23.7 Å². The van der Waals surface area contributed by atoms with Crippen LogP contribution in [-0.4, -0.2) is 34.6 Å². The molecule has 34 heavy (non-hydrogen) atoms. The number of allylic oxidation sites excluding steroid dienone is 5. The SMILES string of the molecule is CCC(=C/C=C/C1C=CC2CCCC2C1C(=O)c1ccc[nH]1)C1COC(C(C)C(=O)O)CC1C. The lowest BCUT2D eigenvalue weighted by molar-refractivity contribution is -0.150. The summed E-state index contributed by atoms with van der Waals surface area (Å²) in [7, 11) is 0. The van der Waals surface area contributed by atoms with Crippen LogP contribution in [0.5, 0.6) is 0 Å². The molecule has 1 aromatic heterocycles. The first-order valence-corrected chi connectivity index (χ1v) is 13.0.